The van der Waals surface area contributed by atoms with E-state index in [0.717, 1.165) is 12.1 Å². The molecule has 1 N–H and O–H groups in total. The second-order valence-electron chi connectivity index (χ2n) is 6.05. The summed E-state index contributed by atoms with van der Waals surface area (Å²) < 4.78 is 27.8. The maximum atomic E-state index is 13.2. The number of aromatic nitrogens is 2. The molecule has 1 aromatic heterocycles. The third-order valence-electron chi connectivity index (χ3n) is 4.38. The van der Waals surface area contributed by atoms with Gasteiger partial charge in [0, 0.05) is 19.3 Å². The number of nitrogens with zero attached hydrogens (tertiary/aromatic N) is 3. The molecule has 1 aromatic carbocycles. The number of hydrogen-bond acceptors (Lipinski definition) is 3. The smallest absolute Gasteiger partial charge is 0.338 e. The van der Waals surface area contributed by atoms with Gasteiger partial charge in [-0.05, 0) is 30.5 Å². The fourth-order valence-corrected chi connectivity index (χ4v) is 2.96. The summed E-state index contributed by atoms with van der Waals surface area (Å²) >= 11 is 0. The maximum Gasteiger partial charge on any atom is 0.338 e. The van der Waals surface area contributed by atoms with Crippen LogP contribution in [0, 0.1) is 11.6 Å². The van der Waals surface area contributed by atoms with Gasteiger partial charge in [-0.25, -0.2) is 13.6 Å². The average molecular weight is 349 g/mol. The fraction of sp³-hybridized carbons (Fsp3) is 0.353. The van der Waals surface area contributed by atoms with Crippen molar-refractivity contribution in [2.24, 2.45) is 0 Å². The largest absolute Gasteiger partial charge is 0.478 e. The number of halogens is 2. The molecule has 1 aliphatic rings. The first-order valence-electron chi connectivity index (χ1n) is 7.93. The summed E-state index contributed by atoms with van der Waals surface area (Å²) in [6.07, 6.45) is 4.13. The van der Waals surface area contributed by atoms with Crippen molar-refractivity contribution in [1.82, 2.24) is 14.7 Å². The molecule has 2 heterocycles. The number of carboxylic acid groups (broad SMARTS) is 1. The number of likely N-dealkylation sites (tertiary alicyclic amines) is 1. The number of piperidine rings is 1. The molecular formula is C17H17F2N3O3. The zero-order chi connectivity index (χ0) is 18.0. The van der Waals surface area contributed by atoms with Gasteiger partial charge in [0.2, 0.25) is 5.91 Å². The van der Waals surface area contributed by atoms with Crippen molar-refractivity contribution < 1.29 is 23.5 Å². The van der Waals surface area contributed by atoms with E-state index in [9.17, 15) is 18.4 Å². The lowest BCUT2D eigenvalue weighted by Crippen LogP contribution is -2.40. The Morgan fingerprint density at radius 1 is 1.20 bits per heavy atom. The summed E-state index contributed by atoms with van der Waals surface area (Å²) in [5.41, 5.74) is 0.570. The molecule has 0 unspecified atom stereocenters. The summed E-state index contributed by atoms with van der Waals surface area (Å²) in [5.74, 6) is -3.06. The van der Waals surface area contributed by atoms with E-state index in [1.807, 2.05) is 0 Å². The molecule has 0 aliphatic carbocycles. The number of carbonyl (C=O) groups excluding carboxylic acids is 1. The summed E-state index contributed by atoms with van der Waals surface area (Å²) in [4.78, 5) is 24.9. The summed E-state index contributed by atoms with van der Waals surface area (Å²) in [6, 6.07) is 3.50. The van der Waals surface area contributed by atoms with Crippen molar-refractivity contribution in [1.29, 1.82) is 0 Å². The Hall–Kier alpha value is -2.77. The van der Waals surface area contributed by atoms with Gasteiger partial charge in [-0.1, -0.05) is 6.07 Å². The van der Waals surface area contributed by atoms with Crippen molar-refractivity contribution in [3.8, 4) is 0 Å². The van der Waals surface area contributed by atoms with E-state index < -0.39 is 17.6 Å². The van der Waals surface area contributed by atoms with Crippen LogP contribution in [-0.4, -0.2) is 44.8 Å². The molecular weight excluding hydrogens is 332 g/mol. The molecule has 132 valence electrons. The Morgan fingerprint density at radius 2 is 1.92 bits per heavy atom. The molecule has 0 saturated carbocycles. The van der Waals surface area contributed by atoms with Gasteiger partial charge in [0.05, 0.1) is 24.2 Å². The second kappa shape index (κ2) is 7.00. The van der Waals surface area contributed by atoms with Crippen molar-refractivity contribution >= 4 is 11.9 Å². The van der Waals surface area contributed by atoms with Crippen molar-refractivity contribution in [3.63, 3.8) is 0 Å². The van der Waals surface area contributed by atoms with Crippen LogP contribution in [0.25, 0.3) is 0 Å². The lowest BCUT2D eigenvalue weighted by molar-refractivity contribution is -0.131. The standard InChI is InChI=1S/C17H17F2N3O3/c18-14-2-1-11(7-15(14)19)8-16(23)21-5-3-13(4-6-21)22-10-12(9-20-22)17(24)25/h1-2,7,9-10,13H,3-6,8H2,(H,24,25). The Bertz CT molecular complexity index is 798. The summed E-state index contributed by atoms with van der Waals surface area (Å²) in [5, 5.41) is 13.0. The molecule has 1 fully saturated rings. The van der Waals surface area contributed by atoms with Crippen LogP contribution < -0.4 is 0 Å². The third-order valence-corrected chi connectivity index (χ3v) is 4.38. The quantitative estimate of drug-likeness (QED) is 0.919. The molecule has 1 aliphatic heterocycles. The van der Waals surface area contributed by atoms with Gasteiger partial charge >= 0.3 is 5.97 Å². The number of aromatic carboxylic acids is 1. The lowest BCUT2D eigenvalue weighted by atomic mass is 10.0. The number of carboxylic acids is 1. The minimum Gasteiger partial charge on any atom is -0.478 e. The van der Waals surface area contributed by atoms with E-state index in [4.69, 9.17) is 5.11 Å². The molecule has 25 heavy (non-hydrogen) atoms. The molecule has 0 bridgehead atoms. The first kappa shape index (κ1) is 17.1. The SMILES string of the molecule is O=C(O)c1cnn(C2CCN(C(=O)Cc3ccc(F)c(F)c3)CC2)c1. The number of rotatable bonds is 4. The third kappa shape index (κ3) is 3.84. The summed E-state index contributed by atoms with van der Waals surface area (Å²) in [6.45, 7) is 1.02. The van der Waals surface area contributed by atoms with Crippen molar-refractivity contribution in [2.45, 2.75) is 25.3 Å². The highest BCUT2D eigenvalue weighted by molar-refractivity contribution is 5.86. The predicted octanol–water partition coefficient (Wildman–Crippen LogP) is 2.27. The van der Waals surface area contributed by atoms with E-state index in [1.165, 1.54) is 18.5 Å². The van der Waals surface area contributed by atoms with Crippen molar-refractivity contribution in [2.75, 3.05) is 13.1 Å². The molecule has 8 heteroatoms. The van der Waals surface area contributed by atoms with E-state index in [0.29, 0.717) is 31.5 Å². The van der Waals surface area contributed by atoms with Crippen molar-refractivity contribution in [3.05, 3.63) is 53.4 Å². The Labute approximate surface area is 142 Å². The van der Waals surface area contributed by atoms with E-state index in [2.05, 4.69) is 5.10 Å². The van der Waals surface area contributed by atoms with E-state index in [1.54, 1.807) is 9.58 Å². The summed E-state index contributed by atoms with van der Waals surface area (Å²) in [7, 11) is 0. The van der Waals surface area contributed by atoms with Gasteiger partial charge in [-0.2, -0.15) is 5.10 Å². The molecule has 0 radical (unpaired) electrons. The van der Waals surface area contributed by atoms with Crippen LogP contribution in [0.2, 0.25) is 0 Å². The molecule has 6 nitrogen and oxygen atoms in total. The van der Waals surface area contributed by atoms with Crippen LogP contribution in [0.4, 0.5) is 8.78 Å². The molecule has 1 saturated heterocycles. The van der Waals surface area contributed by atoms with E-state index in [-0.39, 0.29) is 23.9 Å². The van der Waals surface area contributed by atoms with Gasteiger partial charge in [-0.3, -0.25) is 9.48 Å². The zero-order valence-corrected chi connectivity index (χ0v) is 13.4. The Kier molecular flexibility index (Phi) is 4.78. The Balaban J connectivity index is 1.56. The number of amides is 1. The highest BCUT2D eigenvalue weighted by atomic mass is 19.2. The highest BCUT2D eigenvalue weighted by Gasteiger charge is 2.25. The van der Waals surface area contributed by atoms with Crippen LogP contribution in [0.3, 0.4) is 0 Å². The zero-order valence-electron chi connectivity index (χ0n) is 13.4. The minimum absolute atomic E-state index is 0.0206. The topological polar surface area (TPSA) is 75.4 Å². The van der Waals surface area contributed by atoms with Crippen LogP contribution in [0.15, 0.2) is 30.6 Å². The van der Waals surface area contributed by atoms with Crippen LogP contribution in [0.5, 0.6) is 0 Å². The van der Waals surface area contributed by atoms with Gasteiger partial charge in [-0.15, -0.1) is 0 Å². The Morgan fingerprint density at radius 3 is 2.52 bits per heavy atom. The van der Waals surface area contributed by atoms with Gasteiger partial charge in [0.1, 0.15) is 0 Å². The lowest BCUT2D eigenvalue weighted by Gasteiger charge is -2.32. The van der Waals surface area contributed by atoms with Gasteiger partial charge < -0.3 is 10.0 Å². The first-order chi connectivity index (χ1) is 11.9. The molecule has 0 spiro atoms. The monoisotopic (exact) mass is 349 g/mol. The highest BCUT2D eigenvalue weighted by Crippen LogP contribution is 2.23. The average Bonchev–Trinajstić information content (AvgIpc) is 3.09. The number of hydrogen-bond donors (Lipinski definition) is 1. The maximum absolute atomic E-state index is 13.2. The fourth-order valence-electron chi connectivity index (χ4n) is 2.96. The second-order valence-corrected chi connectivity index (χ2v) is 6.05. The van der Waals surface area contributed by atoms with Crippen LogP contribution in [0.1, 0.15) is 34.8 Å². The first-order valence-corrected chi connectivity index (χ1v) is 7.93. The predicted molar refractivity (Wildman–Crippen MR) is 84.1 cm³/mol. The van der Waals surface area contributed by atoms with E-state index >= 15 is 0 Å². The minimum atomic E-state index is -1.02. The number of benzene rings is 1. The molecule has 1 amide bonds. The molecule has 3 rings (SSSR count). The molecule has 0 atom stereocenters. The normalized spacial score (nSPS) is 15.4. The van der Waals surface area contributed by atoms with Crippen LogP contribution >= 0.6 is 0 Å². The number of carbonyl (C=O) groups is 2. The van der Waals surface area contributed by atoms with Gasteiger partial charge in [0.15, 0.2) is 11.6 Å². The van der Waals surface area contributed by atoms with Gasteiger partial charge in [0.25, 0.3) is 0 Å². The molecule has 2 aromatic rings. The van der Waals surface area contributed by atoms with Crippen LogP contribution in [-0.2, 0) is 11.2 Å².